The van der Waals surface area contributed by atoms with Gasteiger partial charge in [0.05, 0.1) is 0 Å². The number of rotatable bonds is 6. The van der Waals surface area contributed by atoms with Gasteiger partial charge >= 0.3 is 0 Å². The van der Waals surface area contributed by atoms with Gasteiger partial charge in [0.2, 0.25) is 0 Å². The van der Waals surface area contributed by atoms with Crippen LogP contribution in [0, 0.1) is 5.92 Å². The van der Waals surface area contributed by atoms with Gasteiger partial charge in [-0.1, -0.05) is 26.3 Å². The van der Waals surface area contributed by atoms with Crippen LogP contribution in [0.5, 0.6) is 0 Å². The van der Waals surface area contributed by atoms with Crippen molar-refractivity contribution in [3.63, 3.8) is 0 Å². The SMILES string of the molecule is CCCC(C)Cn1ccc2cc(CNC)ccc21. The van der Waals surface area contributed by atoms with Crippen molar-refractivity contribution in [3.05, 3.63) is 36.0 Å². The van der Waals surface area contributed by atoms with Crippen LogP contribution in [-0.4, -0.2) is 11.6 Å². The Morgan fingerprint density at radius 1 is 1.28 bits per heavy atom. The molecule has 2 aromatic rings. The van der Waals surface area contributed by atoms with Crippen LogP contribution in [0.2, 0.25) is 0 Å². The Balaban J connectivity index is 2.20. The average molecular weight is 244 g/mol. The minimum absolute atomic E-state index is 0.752. The van der Waals surface area contributed by atoms with Crippen LogP contribution < -0.4 is 5.32 Å². The predicted octanol–water partition coefficient (Wildman–Crippen LogP) is 3.80. The summed E-state index contributed by atoms with van der Waals surface area (Å²) < 4.78 is 2.39. The van der Waals surface area contributed by atoms with E-state index in [0.717, 1.165) is 19.0 Å². The number of nitrogens with zero attached hydrogens (tertiary/aromatic N) is 1. The van der Waals surface area contributed by atoms with E-state index in [0.29, 0.717) is 0 Å². The summed E-state index contributed by atoms with van der Waals surface area (Å²) in [7, 11) is 1.99. The monoisotopic (exact) mass is 244 g/mol. The normalized spacial score (nSPS) is 13.1. The van der Waals surface area contributed by atoms with Crippen LogP contribution in [-0.2, 0) is 13.1 Å². The van der Waals surface area contributed by atoms with Crippen molar-refractivity contribution in [1.29, 1.82) is 0 Å². The fourth-order valence-electron chi connectivity index (χ4n) is 2.64. The first-order valence-corrected chi connectivity index (χ1v) is 6.97. The molecule has 0 fully saturated rings. The molecule has 2 heteroatoms. The van der Waals surface area contributed by atoms with Gasteiger partial charge in [0.1, 0.15) is 0 Å². The van der Waals surface area contributed by atoms with Gasteiger partial charge in [0, 0.05) is 24.8 Å². The van der Waals surface area contributed by atoms with Crippen LogP contribution in [0.4, 0.5) is 0 Å². The summed E-state index contributed by atoms with van der Waals surface area (Å²) in [5, 5.41) is 4.55. The maximum atomic E-state index is 3.20. The second kappa shape index (κ2) is 6.05. The zero-order valence-corrected chi connectivity index (χ0v) is 11.7. The van der Waals surface area contributed by atoms with Crippen LogP contribution in [0.15, 0.2) is 30.5 Å². The molecule has 0 bridgehead atoms. The highest BCUT2D eigenvalue weighted by atomic mass is 15.0. The Bertz CT molecular complexity index is 499. The number of fused-ring (bicyclic) bond motifs is 1. The van der Waals surface area contributed by atoms with E-state index in [2.05, 4.69) is 54.2 Å². The Labute approximate surface area is 110 Å². The molecule has 1 aromatic heterocycles. The maximum Gasteiger partial charge on any atom is 0.0480 e. The number of benzene rings is 1. The van der Waals surface area contributed by atoms with Gasteiger partial charge in [-0.15, -0.1) is 0 Å². The molecule has 1 N–H and O–H groups in total. The number of hydrogen-bond donors (Lipinski definition) is 1. The highest BCUT2D eigenvalue weighted by molar-refractivity contribution is 5.80. The van der Waals surface area contributed by atoms with E-state index in [1.165, 1.54) is 29.3 Å². The quantitative estimate of drug-likeness (QED) is 0.818. The molecule has 1 heterocycles. The zero-order chi connectivity index (χ0) is 13.0. The van der Waals surface area contributed by atoms with E-state index in [4.69, 9.17) is 0 Å². The summed E-state index contributed by atoms with van der Waals surface area (Å²) in [5.74, 6) is 0.752. The van der Waals surface area contributed by atoms with Gasteiger partial charge in [0.15, 0.2) is 0 Å². The topological polar surface area (TPSA) is 17.0 Å². The van der Waals surface area contributed by atoms with Crippen molar-refractivity contribution in [2.24, 2.45) is 5.92 Å². The van der Waals surface area contributed by atoms with Crippen molar-refractivity contribution >= 4 is 10.9 Å². The molecule has 0 amide bonds. The highest BCUT2D eigenvalue weighted by Gasteiger charge is 2.06. The summed E-state index contributed by atoms with van der Waals surface area (Å²) in [6.07, 6.45) is 4.80. The summed E-state index contributed by atoms with van der Waals surface area (Å²) in [6.45, 7) is 6.66. The average Bonchev–Trinajstić information content (AvgIpc) is 2.73. The molecule has 18 heavy (non-hydrogen) atoms. The van der Waals surface area contributed by atoms with Gasteiger partial charge in [-0.2, -0.15) is 0 Å². The smallest absolute Gasteiger partial charge is 0.0480 e. The van der Waals surface area contributed by atoms with Crippen molar-refractivity contribution in [2.75, 3.05) is 7.05 Å². The molecule has 2 nitrogen and oxygen atoms in total. The van der Waals surface area contributed by atoms with E-state index in [1.807, 2.05) is 7.05 Å². The maximum absolute atomic E-state index is 3.20. The largest absolute Gasteiger partial charge is 0.347 e. The lowest BCUT2D eigenvalue weighted by atomic mass is 10.1. The van der Waals surface area contributed by atoms with Crippen molar-refractivity contribution in [2.45, 2.75) is 39.8 Å². The highest BCUT2D eigenvalue weighted by Crippen LogP contribution is 2.20. The molecule has 0 saturated carbocycles. The van der Waals surface area contributed by atoms with Gasteiger partial charge < -0.3 is 9.88 Å². The molecule has 2 rings (SSSR count). The van der Waals surface area contributed by atoms with Crippen molar-refractivity contribution in [3.8, 4) is 0 Å². The molecule has 1 aromatic carbocycles. The zero-order valence-electron chi connectivity index (χ0n) is 11.7. The fourth-order valence-corrected chi connectivity index (χ4v) is 2.64. The molecule has 0 aliphatic heterocycles. The van der Waals surface area contributed by atoms with Gasteiger partial charge in [-0.05, 0) is 48.5 Å². The van der Waals surface area contributed by atoms with E-state index >= 15 is 0 Å². The van der Waals surface area contributed by atoms with Crippen LogP contribution >= 0.6 is 0 Å². The second-order valence-electron chi connectivity index (χ2n) is 5.29. The van der Waals surface area contributed by atoms with Gasteiger partial charge in [-0.3, -0.25) is 0 Å². The molecule has 0 saturated heterocycles. The molecule has 0 spiro atoms. The summed E-state index contributed by atoms with van der Waals surface area (Å²) >= 11 is 0. The second-order valence-corrected chi connectivity index (χ2v) is 5.29. The van der Waals surface area contributed by atoms with Crippen LogP contribution in [0.25, 0.3) is 10.9 Å². The lowest BCUT2D eigenvalue weighted by Crippen LogP contribution is -2.06. The summed E-state index contributed by atoms with van der Waals surface area (Å²) in [6, 6.07) is 8.99. The number of aromatic nitrogens is 1. The third kappa shape index (κ3) is 2.94. The molecule has 1 atom stereocenters. The molecule has 0 radical (unpaired) electrons. The van der Waals surface area contributed by atoms with Gasteiger partial charge in [0.25, 0.3) is 0 Å². The molecule has 98 valence electrons. The molecular formula is C16H24N2. The Hall–Kier alpha value is -1.28. The molecular weight excluding hydrogens is 220 g/mol. The Morgan fingerprint density at radius 2 is 2.11 bits per heavy atom. The lowest BCUT2D eigenvalue weighted by molar-refractivity contribution is 0.453. The molecule has 0 aliphatic rings. The first-order valence-electron chi connectivity index (χ1n) is 6.97. The third-order valence-electron chi connectivity index (χ3n) is 3.51. The lowest BCUT2D eigenvalue weighted by Gasteiger charge is -2.12. The predicted molar refractivity (Wildman–Crippen MR) is 78.8 cm³/mol. The van der Waals surface area contributed by atoms with E-state index < -0.39 is 0 Å². The fraction of sp³-hybridized carbons (Fsp3) is 0.500. The summed E-state index contributed by atoms with van der Waals surface area (Å²) in [4.78, 5) is 0. The first kappa shape index (κ1) is 13.2. The van der Waals surface area contributed by atoms with E-state index in [-0.39, 0.29) is 0 Å². The minimum atomic E-state index is 0.752. The molecule has 0 aliphatic carbocycles. The van der Waals surface area contributed by atoms with Crippen LogP contribution in [0.1, 0.15) is 32.3 Å². The Kier molecular flexibility index (Phi) is 4.43. The molecule has 1 unspecified atom stereocenters. The standard InChI is InChI=1S/C16H24N2/c1-4-5-13(2)12-18-9-8-15-10-14(11-17-3)6-7-16(15)18/h6-10,13,17H,4-5,11-12H2,1-3H3. The van der Waals surface area contributed by atoms with Crippen LogP contribution in [0.3, 0.4) is 0 Å². The number of hydrogen-bond acceptors (Lipinski definition) is 1. The minimum Gasteiger partial charge on any atom is -0.347 e. The van der Waals surface area contributed by atoms with E-state index in [9.17, 15) is 0 Å². The van der Waals surface area contributed by atoms with Crippen molar-refractivity contribution < 1.29 is 0 Å². The first-order chi connectivity index (χ1) is 8.74. The van der Waals surface area contributed by atoms with Gasteiger partial charge in [-0.25, -0.2) is 0 Å². The number of nitrogens with one attached hydrogen (secondary N) is 1. The van der Waals surface area contributed by atoms with E-state index in [1.54, 1.807) is 0 Å². The van der Waals surface area contributed by atoms with Crippen molar-refractivity contribution in [1.82, 2.24) is 9.88 Å². The third-order valence-corrected chi connectivity index (χ3v) is 3.51. The summed E-state index contributed by atoms with van der Waals surface area (Å²) in [5.41, 5.74) is 2.71. The Morgan fingerprint density at radius 3 is 2.83 bits per heavy atom.